The van der Waals surface area contributed by atoms with Crippen molar-refractivity contribution in [3.8, 4) is 11.3 Å². The molecule has 3 rings (SSSR count). The fraction of sp³-hybridized carbons (Fsp3) is 0.133. The molecule has 1 aliphatic carbocycles. The van der Waals surface area contributed by atoms with Crippen molar-refractivity contribution in [2.75, 3.05) is 0 Å². The molecule has 1 heteroatoms. The minimum Gasteiger partial charge on any atom is -0.256 e. The second-order valence-corrected chi connectivity index (χ2v) is 4.03. The third kappa shape index (κ3) is 1.54. The summed E-state index contributed by atoms with van der Waals surface area (Å²) in [5.41, 5.74) is 5.06. The first kappa shape index (κ1) is 9.34. The van der Waals surface area contributed by atoms with Crippen LogP contribution in [0.1, 0.15) is 17.5 Å². The second kappa shape index (κ2) is 3.93. The molecule has 2 aromatic rings. The molecule has 0 N–H and O–H groups in total. The van der Waals surface area contributed by atoms with Crippen LogP contribution < -0.4 is 0 Å². The van der Waals surface area contributed by atoms with E-state index in [1.54, 1.807) is 0 Å². The maximum absolute atomic E-state index is 4.53. The van der Waals surface area contributed by atoms with Crippen LogP contribution in [-0.4, -0.2) is 4.98 Å². The van der Waals surface area contributed by atoms with Crippen molar-refractivity contribution in [3.63, 3.8) is 0 Å². The minimum atomic E-state index is 1.10. The van der Waals surface area contributed by atoms with Gasteiger partial charge < -0.3 is 0 Å². The average Bonchev–Trinajstić information content (AvgIpc) is 2.39. The molecule has 0 spiro atoms. The van der Waals surface area contributed by atoms with Crippen LogP contribution in [0.4, 0.5) is 0 Å². The van der Waals surface area contributed by atoms with Crippen molar-refractivity contribution in [2.24, 2.45) is 0 Å². The monoisotopic (exact) mass is 207 g/mol. The quantitative estimate of drug-likeness (QED) is 0.694. The van der Waals surface area contributed by atoms with Crippen LogP contribution in [0.15, 0.2) is 48.7 Å². The molecule has 0 radical (unpaired) electrons. The van der Waals surface area contributed by atoms with Crippen molar-refractivity contribution >= 4 is 6.08 Å². The Morgan fingerprint density at radius 1 is 1.00 bits per heavy atom. The van der Waals surface area contributed by atoms with Gasteiger partial charge >= 0.3 is 0 Å². The van der Waals surface area contributed by atoms with Gasteiger partial charge in [-0.2, -0.15) is 0 Å². The topological polar surface area (TPSA) is 12.9 Å². The molecular weight excluding hydrogens is 194 g/mol. The standard InChI is InChI=1S/C15H13N/c1-2-7-13(8-3-1)15-14-9-5-4-6-12(14)10-11-16-15/h1-4,6-8,10-11H,5,9H2. The normalized spacial score (nSPS) is 13.5. The number of pyridine rings is 1. The first-order valence-corrected chi connectivity index (χ1v) is 5.65. The molecule has 1 aliphatic rings. The van der Waals surface area contributed by atoms with E-state index in [4.69, 9.17) is 0 Å². The number of allylic oxidation sites excluding steroid dienone is 1. The van der Waals surface area contributed by atoms with E-state index < -0.39 is 0 Å². The molecule has 0 unspecified atom stereocenters. The predicted molar refractivity (Wildman–Crippen MR) is 67.0 cm³/mol. The van der Waals surface area contributed by atoms with Gasteiger partial charge in [0.1, 0.15) is 0 Å². The Hall–Kier alpha value is -1.89. The first-order valence-electron chi connectivity index (χ1n) is 5.65. The first-order chi connectivity index (χ1) is 7.95. The van der Waals surface area contributed by atoms with Gasteiger partial charge in [-0.15, -0.1) is 0 Å². The third-order valence-electron chi connectivity index (χ3n) is 3.00. The van der Waals surface area contributed by atoms with Crippen LogP contribution in [0.25, 0.3) is 17.3 Å². The summed E-state index contributed by atoms with van der Waals surface area (Å²) in [7, 11) is 0. The lowest BCUT2D eigenvalue weighted by Crippen LogP contribution is -1.99. The fourth-order valence-corrected chi connectivity index (χ4v) is 2.21. The van der Waals surface area contributed by atoms with E-state index in [0.29, 0.717) is 0 Å². The molecule has 0 aliphatic heterocycles. The van der Waals surface area contributed by atoms with Crippen molar-refractivity contribution in [3.05, 3.63) is 59.8 Å². The minimum absolute atomic E-state index is 1.10. The summed E-state index contributed by atoms with van der Waals surface area (Å²) in [6.07, 6.45) is 8.56. The SMILES string of the molecule is C1=Cc2ccnc(-c3ccccc3)c2CC1. The number of fused-ring (bicyclic) bond motifs is 1. The van der Waals surface area contributed by atoms with Crippen molar-refractivity contribution in [1.82, 2.24) is 4.98 Å². The lowest BCUT2D eigenvalue weighted by Gasteiger charge is -2.14. The summed E-state index contributed by atoms with van der Waals surface area (Å²) in [6.45, 7) is 0. The molecule has 0 fully saturated rings. The Kier molecular flexibility index (Phi) is 2.30. The van der Waals surface area contributed by atoms with Gasteiger partial charge in [0.15, 0.2) is 0 Å². The van der Waals surface area contributed by atoms with Crippen molar-refractivity contribution < 1.29 is 0 Å². The van der Waals surface area contributed by atoms with Crippen LogP contribution in [-0.2, 0) is 6.42 Å². The molecule has 1 nitrogen and oxygen atoms in total. The lowest BCUT2D eigenvalue weighted by molar-refractivity contribution is 0.974. The molecular formula is C15H13N. The van der Waals surface area contributed by atoms with Crippen molar-refractivity contribution in [1.29, 1.82) is 0 Å². The van der Waals surface area contributed by atoms with Gasteiger partial charge in [-0.3, -0.25) is 4.98 Å². The van der Waals surface area contributed by atoms with E-state index in [2.05, 4.69) is 47.5 Å². The Balaban J connectivity index is 2.19. The Morgan fingerprint density at radius 3 is 2.75 bits per heavy atom. The summed E-state index contributed by atoms with van der Waals surface area (Å²) in [5.74, 6) is 0. The predicted octanol–water partition coefficient (Wildman–Crippen LogP) is 3.71. The van der Waals surface area contributed by atoms with E-state index in [1.807, 2.05) is 12.3 Å². The van der Waals surface area contributed by atoms with Gasteiger partial charge in [0, 0.05) is 11.8 Å². The van der Waals surface area contributed by atoms with Gasteiger partial charge in [-0.1, -0.05) is 42.5 Å². The highest BCUT2D eigenvalue weighted by Crippen LogP contribution is 2.28. The molecule has 0 amide bonds. The highest BCUT2D eigenvalue weighted by atomic mass is 14.7. The molecule has 1 heterocycles. The van der Waals surface area contributed by atoms with Gasteiger partial charge in [0.25, 0.3) is 0 Å². The zero-order valence-corrected chi connectivity index (χ0v) is 9.06. The van der Waals surface area contributed by atoms with Crippen LogP contribution in [0.2, 0.25) is 0 Å². The van der Waals surface area contributed by atoms with Crippen molar-refractivity contribution in [2.45, 2.75) is 12.8 Å². The molecule has 0 saturated heterocycles. The highest BCUT2D eigenvalue weighted by Gasteiger charge is 2.11. The largest absolute Gasteiger partial charge is 0.256 e. The lowest BCUT2D eigenvalue weighted by atomic mass is 9.93. The second-order valence-electron chi connectivity index (χ2n) is 4.03. The van der Waals surface area contributed by atoms with E-state index in [0.717, 1.165) is 18.5 Å². The summed E-state index contributed by atoms with van der Waals surface area (Å²) < 4.78 is 0. The number of rotatable bonds is 1. The maximum atomic E-state index is 4.53. The summed E-state index contributed by atoms with van der Waals surface area (Å²) >= 11 is 0. The molecule has 0 saturated carbocycles. The average molecular weight is 207 g/mol. The zero-order valence-electron chi connectivity index (χ0n) is 9.06. The molecule has 16 heavy (non-hydrogen) atoms. The van der Waals surface area contributed by atoms with Gasteiger partial charge in [0.05, 0.1) is 5.69 Å². The fourth-order valence-electron chi connectivity index (χ4n) is 2.21. The van der Waals surface area contributed by atoms with Crippen LogP contribution in [0.5, 0.6) is 0 Å². The van der Waals surface area contributed by atoms with E-state index in [9.17, 15) is 0 Å². The molecule has 1 aromatic carbocycles. The van der Waals surface area contributed by atoms with Gasteiger partial charge in [-0.25, -0.2) is 0 Å². The number of benzene rings is 1. The summed E-state index contributed by atoms with van der Waals surface area (Å²) in [6, 6.07) is 12.5. The number of hydrogen-bond donors (Lipinski definition) is 0. The number of nitrogens with zero attached hydrogens (tertiary/aromatic N) is 1. The highest BCUT2D eigenvalue weighted by molar-refractivity contribution is 5.70. The van der Waals surface area contributed by atoms with E-state index >= 15 is 0 Å². The Bertz CT molecular complexity index is 526. The van der Waals surface area contributed by atoms with Crippen LogP contribution >= 0.6 is 0 Å². The molecule has 1 aromatic heterocycles. The number of hydrogen-bond acceptors (Lipinski definition) is 1. The third-order valence-corrected chi connectivity index (χ3v) is 3.00. The molecule has 0 atom stereocenters. The molecule has 78 valence electrons. The summed E-state index contributed by atoms with van der Waals surface area (Å²) in [4.78, 5) is 4.53. The van der Waals surface area contributed by atoms with E-state index in [1.165, 1.54) is 16.7 Å². The van der Waals surface area contributed by atoms with Crippen LogP contribution in [0, 0.1) is 0 Å². The zero-order chi connectivity index (χ0) is 10.8. The van der Waals surface area contributed by atoms with Gasteiger partial charge in [-0.05, 0) is 30.0 Å². The van der Waals surface area contributed by atoms with Crippen LogP contribution in [0.3, 0.4) is 0 Å². The Morgan fingerprint density at radius 2 is 1.88 bits per heavy atom. The maximum Gasteiger partial charge on any atom is 0.0739 e. The smallest absolute Gasteiger partial charge is 0.0739 e. The Labute approximate surface area is 95.5 Å². The van der Waals surface area contributed by atoms with Gasteiger partial charge in [0.2, 0.25) is 0 Å². The van der Waals surface area contributed by atoms with E-state index in [-0.39, 0.29) is 0 Å². The number of aromatic nitrogens is 1. The molecule has 0 bridgehead atoms. The summed E-state index contributed by atoms with van der Waals surface area (Å²) in [5, 5.41) is 0.